The topological polar surface area (TPSA) is 66.8 Å². The summed E-state index contributed by atoms with van der Waals surface area (Å²) < 4.78 is 5.54. The number of ketones is 1. The first kappa shape index (κ1) is 20.9. The fourth-order valence-electron chi connectivity index (χ4n) is 3.88. The van der Waals surface area contributed by atoms with Crippen LogP contribution in [0.3, 0.4) is 0 Å². The Balaban J connectivity index is 1.94. The number of Topliss-reactive ketones (excluding diaryl/α,β-unsaturated/α-hetero) is 1. The number of carbonyl (C=O) groups is 2. The van der Waals surface area contributed by atoms with Gasteiger partial charge in [-0.1, -0.05) is 30.3 Å². The van der Waals surface area contributed by atoms with Crippen molar-refractivity contribution in [2.45, 2.75) is 26.8 Å². The fraction of sp³-hybridized carbons (Fsp3) is 0.200. The second kappa shape index (κ2) is 8.40. The van der Waals surface area contributed by atoms with E-state index in [1.54, 1.807) is 24.3 Å². The lowest BCUT2D eigenvalue weighted by Gasteiger charge is -2.26. The molecule has 1 fully saturated rings. The molecule has 1 amide bonds. The van der Waals surface area contributed by atoms with Gasteiger partial charge in [0.1, 0.15) is 17.6 Å². The van der Waals surface area contributed by atoms with E-state index in [1.165, 1.54) is 16.2 Å². The number of aliphatic hydroxyl groups excluding tert-OH is 1. The summed E-state index contributed by atoms with van der Waals surface area (Å²) in [6, 6.07) is 15.6. The van der Waals surface area contributed by atoms with Crippen LogP contribution in [0.25, 0.3) is 5.76 Å². The normalized spacial score (nSPS) is 17.9. The number of aliphatic hydroxyl groups is 1. The molecular formula is C25H23NO4S. The molecule has 2 heterocycles. The minimum Gasteiger partial charge on any atom is -0.507 e. The third kappa shape index (κ3) is 3.64. The quantitative estimate of drug-likeness (QED) is 0.333. The predicted molar refractivity (Wildman–Crippen MR) is 123 cm³/mol. The molecule has 1 aliphatic heterocycles. The molecule has 3 aromatic rings. The van der Waals surface area contributed by atoms with Crippen LogP contribution in [0.1, 0.15) is 34.5 Å². The molecule has 31 heavy (non-hydrogen) atoms. The van der Waals surface area contributed by atoms with E-state index in [0.717, 1.165) is 16.0 Å². The molecule has 2 aromatic carbocycles. The highest BCUT2D eigenvalue weighted by Crippen LogP contribution is 2.45. The predicted octanol–water partition coefficient (Wildman–Crippen LogP) is 5.39. The Kier molecular flexibility index (Phi) is 5.65. The number of hydrogen-bond donors (Lipinski definition) is 1. The Morgan fingerprint density at radius 3 is 2.52 bits per heavy atom. The molecule has 4 rings (SSSR count). The van der Waals surface area contributed by atoms with Gasteiger partial charge in [-0.15, -0.1) is 11.3 Å². The van der Waals surface area contributed by atoms with Crippen molar-refractivity contribution in [1.29, 1.82) is 0 Å². The fourth-order valence-corrected chi connectivity index (χ4v) is 4.91. The lowest BCUT2D eigenvalue weighted by atomic mass is 9.98. The largest absolute Gasteiger partial charge is 0.507 e. The van der Waals surface area contributed by atoms with Gasteiger partial charge in [-0.25, -0.2) is 0 Å². The van der Waals surface area contributed by atoms with E-state index in [0.29, 0.717) is 23.6 Å². The molecular weight excluding hydrogens is 410 g/mol. The van der Waals surface area contributed by atoms with Gasteiger partial charge in [0.2, 0.25) is 0 Å². The highest BCUT2D eigenvalue weighted by atomic mass is 32.1. The number of ether oxygens (including phenoxy) is 1. The van der Waals surface area contributed by atoms with Crippen molar-refractivity contribution >= 4 is 34.5 Å². The molecule has 1 atom stereocenters. The van der Waals surface area contributed by atoms with Crippen LogP contribution >= 0.6 is 11.3 Å². The molecule has 0 saturated carbocycles. The Morgan fingerprint density at radius 1 is 1.06 bits per heavy atom. The van der Waals surface area contributed by atoms with Gasteiger partial charge in [-0.2, -0.15) is 0 Å². The number of nitrogens with zero attached hydrogens (tertiary/aromatic N) is 1. The maximum atomic E-state index is 13.2. The molecule has 158 valence electrons. The number of hydrogen-bond acceptors (Lipinski definition) is 5. The van der Waals surface area contributed by atoms with Gasteiger partial charge < -0.3 is 9.84 Å². The van der Waals surface area contributed by atoms with Crippen LogP contribution in [0.15, 0.2) is 65.6 Å². The summed E-state index contributed by atoms with van der Waals surface area (Å²) in [5.74, 6) is -0.952. The molecule has 1 aliphatic rings. The van der Waals surface area contributed by atoms with E-state index in [-0.39, 0.29) is 11.3 Å². The lowest BCUT2D eigenvalue weighted by Crippen LogP contribution is -2.30. The zero-order valence-corrected chi connectivity index (χ0v) is 18.4. The molecule has 5 nitrogen and oxygen atoms in total. The summed E-state index contributed by atoms with van der Waals surface area (Å²) in [4.78, 5) is 28.8. The standard InChI is InChI=1S/C25H23NO4S/c1-4-30-18-10-7-9-17(14-18)22(27)20-21(24-16(3)12-13-31-24)26(25(29)23(20)28)19-11-6-5-8-15(19)2/h5-14,21,27H,4H2,1-3H3/b22-20-. The number of rotatable bonds is 5. The number of anilines is 1. The Morgan fingerprint density at radius 2 is 1.84 bits per heavy atom. The van der Waals surface area contributed by atoms with Crippen LogP contribution in [0, 0.1) is 13.8 Å². The molecule has 1 N–H and O–H groups in total. The highest BCUT2D eigenvalue weighted by molar-refractivity contribution is 7.10. The first-order valence-electron chi connectivity index (χ1n) is 10.1. The van der Waals surface area contributed by atoms with Crippen LogP contribution in [-0.4, -0.2) is 23.4 Å². The lowest BCUT2D eigenvalue weighted by molar-refractivity contribution is -0.132. The molecule has 0 spiro atoms. The van der Waals surface area contributed by atoms with Crippen molar-refractivity contribution in [3.05, 3.63) is 87.1 Å². The summed E-state index contributed by atoms with van der Waals surface area (Å²) >= 11 is 1.47. The second-order valence-corrected chi connectivity index (χ2v) is 8.33. The van der Waals surface area contributed by atoms with Crippen molar-refractivity contribution in [1.82, 2.24) is 0 Å². The minimum atomic E-state index is -0.697. The van der Waals surface area contributed by atoms with Crippen molar-refractivity contribution < 1.29 is 19.4 Å². The van der Waals surface area contributed by atoms with Crippen LogP contribution in [0.5, 0.6) is 5.75 Å². The van der Waals surface area contributed by atoms with Gasteiger partial charge in [0, 0.05) is 16.1 Å². The number of aryl methyl sites for hydroxylation is 2. The highest BCUT2D eigenvalue weighted by Gasteiger charge is 2.48. The van der Waals surface area contributed by atoms with Gasteiger partial charge in [0.25, 0.3) is 11.7 Å². The molecule has 0 radical (unpaired) electrons. The van der Waals surface area contributed by atoms with Gasteiger partial charge in [-0.05, 0) is 61.5 Å². The van der Waals surface area contributed by atoms with Crippen molar-refractivity contribution in [2.75, 3.05) is 11.5 Å². The van der Waals surface area contributed by atoms with Crippen LogP contribution in [-0.2, 0) is 9.59 Å². The third-order valence-corrected chi connectivity index (χ3v) is 6.46. The Bertz CT molecular complexity index is 1190. The summed E-state index contributed by atoms with van der Waals surface area (Å²) in [5.41, 5.74) is 3.02. The minimum absolute atomic E-state index is 0.0902. The molecule has 6 heteroatoms. The van der Waals surface area contributed by atoms with Crippen LogP contribution < -0.4 is 9.64 Å². The van der Waals surface area contributed by atoms with Crippen molar-refractivity contribution in [3.63, 3.8) is 0 Å². The molecule has 1 saturated heterocycles. The van der Waals surface area contributed by atoms with E-state index in [2.05, 4.69) is 0 Å². The van der Waals surface area contributed by atoms with E-state index in [4.69, 9.17) is 4.74 Å². The van der Waals surface area contributed by atoms with E-state index in [1.807, 2.05) is 56.5 Å². The zero-order valence-electron chi connectivity index (χ0n) is 17.6. The van der Waals surface area contributed by atoms with E-state index in [9.17, 15) is 14.7 Å². The summed E-state index contributed by atoms with van der Waals surface area (Å²) in [6.07, 6.45) is 0. The number of para-hydroxylation sites is 1. The Labute approximate surface area is 185 Å². The maximum Gasteiger partial charge on any atom is 0.300 e. The number of amides is 1. The SMILES string of the molecule is CCOc1cccc(/C(O)=C2/C(=O)C(=O)N(c3ccccc3C)C2c2sccc2C)c1. The second-order valence-electron chi connectivity index (χ2n) is 7.38. The van der Waals surface area contributed by atoms with Crippen molar-refractivity contribution in [2.24, 2.45) is 0 Å². The number of thiophene rings is 1. The summed E-state index contributed by atoms with van der Waals surface area (Å²) in [5, 5.41) is 13.2. The first-order valence-corrected chi connectivity index (χ1v) is 11.0. The number of carbonyl (C=O) groups excluding carboxylic acids is 2. The van der Waals surface area contributed by atoms with Crippen LogP contribution in [0.4, 0.5) is 5.69 Å². The van der Waals surface area contributed by atoms with Crippen LogP contribution in [0.2, 0.25) is 0 Å². The van der Waals surface area contributed by atoms with Crippen molar-refractivity contribution in [3.8, 4) is 5.75 Å². The first-order chi connectivity index (χ1) is 14.9. The third-order valence-electron chi connectivity index (χ3n) is 5.39. The summed E-state index contributed by atoms with van der Waals surface area (Å²) in [7, 11) is 0. The Hall–Kier alpha value is -3.38. The van der Waals surface area contributed by atoms with Gasteiger partial charge in [0.05, 0.1) is 12.2 Å². The van der Waals surface area contributed by atoms with E-state index < -0.39 is 17.7 Å². The average Bonchev–Trinajstić information content (AvgIpc) is 3.29. The van der Waals surface area contributed by atoms with Gasteiger partial charge in [-0.3, -0.25) is 14.5 Å². The molecule has 1 unspecified atom stereocenters. The zero-order chi connectivity index (χ0) is 22.1. The smallest absolute Gasteiger partial charge is 0.300 e. The number of benzene rings is 2. The van der Waals surface area contributed by atoms with Gasteiger partial charge in [0.15, 0.2) is 0 Å². The monoisotopic (exact) mass is 433 g/mol. The van der Waals surface area contributed by atoms with E-state index >= 15 is 0 Å². The molecule has 0 aliphatic carbocycles. The van der Waals surface area contributed by atoms with Gasteiger partial charge >= 0.3 is 0 Å². The molecule has 0 bridgehead atoms. The average molecular weight is 434 g/mol. The summed E-state index contributed by atoms with van der Waals surface area (Å²) in [6.45, 7) is 6.20. The maximum absolute atomic E-state index is 13.2. The molecule has 1 aromatic heterocycles.